The molecule has 1 saturated carbocycles. The molecule has 1 aliphatic rings. The SMILES string of the molecule is CC1CCC(n2cc(NC(=O)c3cnn4ccc(Cl)nc34)c(C(F)F)n2)CC1. The van der Waals surface area contributed by atoms with Crippen molar-refractivity contribution in [3.05, 3.63) is 41.1 Å². The molecule has 3 aromatic rings. The Morgan fingerprint density at radius 2 is 2.07 bits per heavy atom. The second-order valence-electron chi connectivity index (χ2n) is 7.15. The van der Waals surface area contributed by atoms with Crippen molar-refractivity contribution in [2.75, 3.05) is 5.32 Å². The van der Waals surface area contributed by atoms with Crippen LogP contribution in [0.2, 0.25) is 5.15 Å². The van der Waals surface area contributed by atoms with Gasteiger partial charge in [0.15, 0.2) is 11.3 Å². The maximum Gasteiger partial charge on any atom is 0.284 e. The predicted molar refractivity (Wildman–Crippen MR) is 99.8 cm³/mol. The van der Waals surface area contributed by atoms with Gasteiger partial charge in [-0.1, -0.05) is 18.5 Å². The summed E-state index contributed by atoms with van der Waals surface area (Å²) >= 11 is 5.88. The predicted octanol–water partition coefficient (Wildman–Crippen LogP) is 4.52. The van der Waals surface area contributed by atoms with Crippen LogP contribution in [-0.4, -0.2) is 30.3 Å². The smallest absolute Gasteiger partial charge is 0.284 e. The monoisotopic (exact) mass is 408 g/mol. The Labute approximate surface area is 164 Å². The number of halogens is 3. The summed E-state index contributed by atoms with van der Waals surface area (Å²) < 4.78 is 29.9. The Hall–Kier alpha value is -2.55. The van der Waals surface area contributed by atoms with Gasteiger partial charge in [0.2, 0.25) is 0 Å². The second kappa shape index (κ2) is 7.46. The molecule has 3 heterocycles. The lowest BCUT2D eigenvalue weighted by atomic mass is 9.87. The van der Waals surface area contributed by atoms with Gasteiger partial charge in [-0.2, -0.15) is 10.2 Å². The van der Waals surface area contributed by atoms with E-state index in [-0.39, 0.29) is 28.1 Å². The van der Waals surface area contributed by atoms with Crippen LogP contribution < -0.4 is 5.32 Å². The van der Waals surface area contributed by atoms with Crippen LogP contribution in [0.1, 0.15) is 61.1 Å². The Balaban J connectivity index is 1.61. The second-order valence-corrected chi connectivity index (χ2v) is 7.54. The average Bonchev–Trinajstić information content (AvgIpc) is 3.26. The molecule has 1 aliphatic carbocycles. The van der Waals surface area contributed by atoms with Gasteiger partial charge in [0.1, 0.15) is 10.7 Å². The number of fused-ring (bicyclic) bond motifs is 1. The number of rotatable bonds is 4. The molecular weight excluding hydrogens is 390 g/mol. The Kier molecular flexibility index (Phi) is 5.01. The van der Waals surface area contributed by atoms with E-state index in [0.717, 1.165) is 25.7 Å². The van der Waals surface area contributed by atoms with E-state index in [9.17, 15) is 13.6 Å². The van der Waals surface area contributed by atoms with Gasteiger partial charge >= 0.3 is 0 Å². The van der Waals surface area contributed by atoms with Gasteiger partial charge in [-0.05, 0) is 37.7 Å². The summed E-state index contributed by atoms with van der Waals surface area (Å²) in [6, 6.07) is 1.60. The van der Waals surface area contributed by atoms with E-state index in [1.165, 1.54) is 23.0 Å². The van der Waals surface area contributed by atoms with Crippen LogP contribution in [0.25, 0.3) is 5.65 Å². The van der Waals surface area contributed by atoms with Gasteiger partial charge in [0.05, 0.1) is 17.9 Å². The number of amides is 1. The minimum atomic E-state index is -2.80. The molecule has 0 radical (unpaired) electrons. The molecule has 0 aromatic carbocycles. The van der Waals surface area contributed by atoms with Gasteiger partial charge < -0.3 is 5.32 Å². The first-order valence-corrected chi connectivity index (χ1v) is 9.48. The zero-order valence-electron chi connectivity index (χ0n) is 15.1. The molecule has 148 valence electrons. The van der Waals surface area contributed by atoms with Crippen LogP contribution in [0.4, 0.5) is 14.5 Å². The minimum absolute atomic E-state index is 0. The maximum absolute atomic E-state index is 13.5. The lowest BCUT2D eigenvalue weighted by Gasteiger charge is -2.26. The molecule has 1 fully saturated rings. The fourth-order valence-electron chi connectivity index (χ4n) is 3.55. The standard InChI is InChI=1S/C18H19ClF2N6O/c1-10-2-4-11(5-3-10)27-9-13(15(25-27)16(20)21)23-18(28)12-8-22-26-7-6-14(19)24-17(12)26/h6-11,16H,2-5H2,1H3,(H,23,28). The normalized spacial score (nSPS) is 20.0. The molecule has 7 nitrogen and oxygen atoms in total. The van der Waals surface area contributed by atoms with E-state index in [0.29, 0.717) is 5.92 Å². The summed E-state index contributed by atoms with van der Waals surface area (Å²) in [6.45, 7) is 2.19. The molecule has 0 saturated heterocycles. The zero-order chi connectivity index (χ0) is 19.8. The summed E-state index contributed by atoms with van der Waals surface area (Å²) in [5, 5.41) is 10.8. The molecule has 1 amide bonds. The van der Waals surface area contributed by atoms with Gasteiger partial charge in [-0.3, -0.25) is 9.48 Å². The van der Waals surface area contributed by atoms with Gasteiger partial charge in [-0.25, -0.2) is 18.3 Å². The average molecular weight is 409 g/mol. The van der Waals surface area contributed by atoms with E-state index in [1.54, 1.807) is 10.9 Å². The highest BCUT2D eigenvalue weighted by molar-refractivity contribution is 6.29. The van der Waals surface area contributed by atoms with E-state index >= 15 is 0 Å². The highest BCUT2D eigenvalue weighted by atomic mass is 35.5. The van der Waals surface area contributed by atoms with Crippen molar-refractivity contribution < 1.29 is 13.6 Å². The summed E-state index contributed by atoms with van der Waals surface area (Å²) in [7, 11) is 0. The van der Waals surface area contributed by atoms with Gasteiger partial charge in [0, 0.05) is 12.4 Å². The summed E-state index contributed by atoms with van der Waals surface area (Å²) in [6.07, 6.45) is 5.42. The molecule has 4 rings (SSSR count). The van der Waals surface area contributed by atoms with Crippen molar-refractivity contribution in [3.63, 3.8) is 0 Å². The maximum atomic E-state index is 13.5. The molecule has 28 heavy (non-hydrogen) atoms. The van der Waals surface area contributed by atoms with Crippen molar-refractivity contribution >= 4 is 28.8 Å². The van der Waals surface area contributed by atoms with Crippen LogP contribution in [0.5, 0.6) is 0 Å². The first-order valence-electron chi connectivity index (χ1n) is 9.11. The van der Waals surface area contributed by atoms with Crippen molar-refractivity contribution in [1.82, 2.24) is 24.4 Å². The van der Waals surface area contributed by atoms with Crippen LogP contribution in [0.3, 0.4) is 0 Å². The van der Waals surface area contributed by atoms with Crippen LogP contribution in [-0.2, 0) is 0 Å². The number of anilines is 1. The number of carbonyl (C=O) groups is 1. The third kappa shape index (κ3) is 3.58. The number of aromatic nitrogens is 5. The molecule has 0 unspecified atom stereocenters. The summed E-state index contributed by atoms with van der Waals surface area (Å²) in [5.74, 6) is 0.0407. The lowest BCUT2D eigenvalue weighted by Crippen LogP contribution is -2.17. The zero-order valence-corrected chi connectivity index (χ0v) is 15.9. The molecule has 0 aliphatic heterocycles. The molecule has 0 atom stereocenters. The first kappa shape index (κ1) is 18.8. The topological polar surface area (TPSA) is 77.1 Å². The number of alkyl halides is 2. The van der Waals surface area contributed by atoms with Crippen molar-refractivity contribution in [3.8, 4) is 0 Å². The number of nitrogens with zero attached hydrogens (tertiary/aromatic N) is 5. The van der Waals surface area contributed by atoms with Crippen LogP contribution in [0, 0.1) is 5.92 Å². The molecule has 0 spiro atoms. The number of hydrogen-bond acceptors (Lipinski definition) is 4. The van der Waals surface area contributed by atoms with E-state index in [1.807, 2.05) is 0 Å². The Morgan fingerprint density at radius 1 is 1.32 bits per heavy atom. The van der Waals surface area contributed by atoms with Crippen molar-refractivity contribution in [2.24, 2.45) is 5.92 Å². The molecular formula is C18H19ClF2N6O. The van der Waals surface area contributed by atoms with Crippen molar-refractivity contribution in [1.29, 1.82) is 0 Å². The Bertz CT molecular complexity index is 1010. The first-order chi connectivity index (χ1) is 13.4. The lowest BCUT2D eigenvalue weighted by molar-refractivity contribution is 0.102. The largest absolute Gasteiger partial charge is 0.319 e. The number of hydrogen-bond donors (Lipinski definition) is 1. The number of carbonyl (C=O) groups excluding carboxylic acids is 1. The van der Waals surface area contributed by atoms with Crippen LogP contribution >= 0.6 is 11.6 Å². The summed E-state index contributed by atoms with van der Waals surface area (Å²) in [5.41, 5.74) is -0.0475. The fourth-order valence-corrected chi connectivity index (χ4v) is 3.69. The quantitative estimate of drug-likeness (QED) is 0.644. The van der Waals surface area contributed by atoms with Crippen molar-refractivity contribution in [2.45, 2.75) is 45.1 Å². The Morgan fingerprint density at radius 3 is 2.79 bits per heavy atom. The molecule has 1 N–H and O–H groups in total. The molecule has 10 heteroatoms. The van der Waals surface area contributed by atoms with Gasteiger partial charge in [-0.15, -0.1) is 0 Å². The highest BCUT2D eigenvalue weighted by Crippen LogP contribution is 2.34. The fraction of sp³-hybridized carbons (Fsp3) is 0.444. The minimum Gasteiger partial charge on any atom is -0.319 e. The van der Waals surface area contributed by atoms with E-state index in [2.05, 4.69) is 27.4 Å². The van der Waals surface area contributed by atoms with E-state index < -0.39 is 18.0 Å². The third-order valence-corrected chi connectivity index (χ3v) is 5.37. The summed E-state index contributed by atoms with van der Waals surface area (Å²) in [4.78, 5) is 16.8. The molecule has 3 aromatic heterocycles. The van der Waals surface area contributed by atoms with E-state index in [4.69, 9.17) is 11.6 Å². The molecule has 0 bridgehead atoms. The van der Waals surface area contributed by atoms with Crippen LogP contribution in [0.15, 0.2) is 24.7 Å². The third-order valence-electron chi connectivity index (χ3n) is 5.15. The highest BCUT2D eigenvalue weighted by Gasteiger charge is 2.26. The van der Waals surface area contributed by atoms with Gasteiger partial charge in [0.25, 0.3) is 12.3 Å². The number of nitrogens with one attached hydrogen (secondary N) is 1.